The Balaban J connectivity index is 2.15. The van der Waals surface area contributed by atoms with Crippen molar-refractivity contribution in [2.75, 3.05) is 39.9 Å². The van der Waals surface area contributed by atoms with Gasteiger partial charge in [0, 0.05) is 39.3 Å². The first kappa shape index (κ1) is 13.3. The number of urea groups is 1. The third-order valence-electron chi connectivity index (χ3n) is 2.85. The van der Waals surface area contributed by atoms with Gasteiger partial charge in [-0.1, -0.05) is 0 Å². The molecule has 0 aromatic carbocycles. The summed E-state index contributed by atoms with van der Waals surface area (Å²) >= 11 is 0. The number of piperidine rings is 1. The van der Waals surface area contributed by atoms with E-state index < -0.39 is 0 Å². The lowest BCUT2D eigenvalue weighted by Crippen LogP contribution is -2.48. The highest BCUT2D eigenvalue weighted by atomic mass is 16.5. The number of carbonyl (C=O) groups is 1. The van der Waals surface area contributed by atoms with Crippen molar-refractivity contribution in [3.8, 4) is 0 Å². The number of amides is 2. The van der Waals surface area contributed by atoms with E-state index in [1.807, 2.05) is 11.8 Å². The lowest BCUT2D eigenvalue weighted by Gasteiger charge is -2.32. The van der Waals surface area contributed by atoms with Crippen molar-refractivity contribution < 1.29 is 9.53 Å². The molecule has 0 unspecified atom stereocenters. The van der Waals surface area contributed by atoms with E-state index in [4.69, 9.17) is 4.74 Å². The molecule has 0 aliphatic carbocycles. The fourth-order valence-corrected chi connectivity index (χ4v) is 1.91. The number of likely N-dealkylation sites (tertiary alicyclic amines) is 1. The van der Waals surface area contributed by atoms with E-state index in [-0.39, 0.29) is 6.03 Å². The summed E-state index contributed by atoms with van der Waals surface area (Å²) in [6.45, 7) is 5.97. The second-order valence-corrected chi connectivity index (χ2v) is 4.04. The molecule has 94 valence electrons. The number of hydrogen-bond donors (Lipinski definition) is 2. The van der Waals surface area contributed by atoms with Crippen LogP contribution >= 0.6 is 0 Å². The third-order valence-corrected chi connectivity index (χ3v) is 2.85. The maximum atomic E-state index is 11.5. The van der Waals surface area contributed by atoms with Crippen LogP contribution in [0, 0.1) is 0 Å². The minimum atomic E-state index is 0.0674. The summed E-state index contributed by atoms with van der Waals surface area (Å²) in [6.07, 6.45) is 2.06. The van der Waals surface area contributed by atoms with Crippen LogP contribution in [-0.4, -0.2) is 56.9 Å². The predicted octanol–water partition coefficient (Wildman–Crippen LogP) is 0.416. The monoisotopic (exact) mass is 229 g/mol. The van der Waals surface area contributed by atoms with Gasteiger partial charge in [0.25, 0.3) is 0 Å². The maximum Gasteiger partial charge on any atom is 0.317 e. The molecule has 2 amide bonds. The molecule has 0 aromatic rings. The SMILES string of the molecule is CCNC(=O)N1CCC(NCCOC)CC1. The molecule has 0 bridgehead atoms. The summed E-state index contributed by atoms with van der Waals surface area (Å²) in [4.78, 5) is 13.4. The lowest BCUT2D eigenvalue weighted by atomic mass is 10.1. The van der Waals surface area contributed by atoms with Crippen LogP contribution in [0.15, 0.2) is 0 Å². The minimum Gasteiger partial charge on any atom is -0.383 e. The molecular weight excluding hydrogens is 206 g/mol. The van der Waals surface area contributed by atoms with Gasteiger partial charge in [0.2, 0.25) is 0 Å². The van der Waals surface area contributed by atoms with Crippen molar-refractivity contribution in [2.45, 2.75) is 25.8 Å². The molecule has 1 heterocycles. The Morgan fingerprint density at radius 1 is 1.44 bits per heavy atom. The fourth-order valence-electron chi connectivity index (χ4n) is 1.91. The number of methoxy groups -OCH3 is 1. The Morgan fingerprint density at radius 3 is 2.69 bits per heavy atom. The standard InChI is InChI=1S/C11H23N3O2/c1-3-12-11(15)14-7-4-10(5-8-14)13-6-9-16-2/h10,13H,3-9H2,1-2H3,(H,12,15). The van der Waals surface area contributed by atoms with Crippen molar-refractivity contribution in [2.24, 2.45) is 0 Å². The van der Waals surface area contributed by atoms with E-state index in [0.29, 0.717) is 12.6 Å². The number of hydrogen-bond acceptors (Lipinski definition) is 3. The molecule has 0 aromatic heterocycles. The first-order valence-corrected chi connectivity index (χ1v) is 6.03. The molecule has 1 aliphatic heterocycles. The average Bonchev–Trinajstić information content (AvgIpc) is 2.30. The topological polar surface area (TPSA) is 53.6 Å². The van der Waals surface area contributed by atoms with Gasteiger partial charge in [-0.25, -0.2) is 4.79 Å². The quantitative estimate of drug-likeness (QED) is 0.672. The maximum absolute atomic E-state index is 11.5. The molecular formula is C11H23N3O2. The van der Waals surface area contributed by atoms with E-state index in [1.54, 1.807) is 7.11 Å². The highest BCUT2D eigenvalue weighted by Crippen LogP contribution is 2.09. The number of ether oxygens (including phenoxy) is 1. The molecule has 1 fully saturated rings. The van der Waals surface area contributed by atoms with E-state index in [2.05, 4.69) is 10.6 Å². The Kier molecular flexibility index (Phi) is 6.18. The van der Waals surface area contributed by atoms with Gasteiger partial charge in [-0.2, -0.15) is 0 Å². The highest BCUT2D eigenvalue weighted by Gasteiger charge is 2.21. The van der Waals surface area contributed by atoms with Crippen molar-refractivity contribution in [3.05, 3.63) is 0 Å². The van der Waals surface area contributed by atoms with Crippen LogP contribution < -0.4 is 10.6 Å². The second-order valence-electron chi connectivity index (χ2n) is 4.04. The third kappa shape index (κ3) is 4.37. The predicted molar refractivity (Wildman–Crippen MR) is 63.5 cm³/mol. The zero-order chi connectivity index (χ0) is 11.8. The van der Waals surface area contributed by atoms with Crippen LogP contribution in [0.5, 0.6) is 0 Å². The van der Waals surface area contributed by atoms with E-state index in [9.17, 15) is 4.79 Å². The zero-order valence-electron chi connectivity index (χ0n) is 10.3. The average molecular weight is 229 g/mol. The second kappa shape index (κ2) is 7.46. The molecule has 0 radical (unpaired) electrons. The van der Waals surface area contributed by atoms with E-state index >= 15 is 0 Å². The van der Waals surface area contributed by atoms with Crippen molar-refractivity contribution >= 4 is 6.03 Å². The molecule has 1 rings (SSSR count). The first-order chi connectivity index (χ1) is 7.77. The Morgan fingerprint density at radius 2 is 2.12 bits per heavy atom. The van der Waals surface area contributed by atoms with E-state index in [1.165, 1.54) is 0 Å². The molecule has 0 atom stereocenters. The van der Waals surface area contributed by atoms with Crippen LogP contribution in [-0.2, 0) is 4.74 Å². The van der Waals surface area contributed by atoms with Gasteiger partial charge in [0.15, 0.2) is 0 Å². The van der Waals surface area contributed by atoms with Gasteiger partial charge in [-0.3, -0.25) is 0 Å². The van der Waals surface area contributed by atoms with Crippen molar-refractivity contribution in [3.63, 3.8) is 0 Å². The van der Waals surface area contributed by atoms with Gasteiger partial charge < -0.3 is 20.3 Å². The Bertz CT molecular complexity index is 203. The summed E-state index contributed by atoms with van der Waals surface area (Å²) in [7, 11) is 1.71. The van der Waals surface area contributed by atoms with Gasteiger partial charge in [-0.15, -0.1) is 0 Å². The smallest absolute Gasteiger partial charge is 0.317 e. The molecule has 5 nitrogen and oxygen atoms in total. The van der Waals surface area contributed by atoms with Crippen LogP contribution in [0.3, 0.4) is 0 Å². The van der Waals surface area contributed by atoms with Gasteiger partial charge in [0.1, 0.15) is 0 Å². The highest BCUT2D eigenvalue weighted by molar-refractivity contribution is 5.74. The van der Waals surface area contributed by atoms with Crippen molar-refractivity contribution in [1.82, 2.24) is 15.5 Å². The normalized spacial score (nSPS) is 17.5. The van der Waals surface area contributed by atoms with Gasteiger partial charge in [-0.05, 0) is 19.8 Å². The lowest BCUT2D eigenvalue weighted by molar-refractivity contribution is 0.167. The Labute approximate surface area is 97.5 Å². The molecule has 0 spiro atoms. The molecule has 1 saturated heterocycles. The van der Waals surface area contributed by atoms with E-state index in [0.717, 1.165) is 39.1 Å². The summed E-state index contributed by atoms with van der Waals surface area (Å²) in [5, 5.41) is 6.26. The first-order valence-electron chi connectivity index (χ1n) is 6.03. The van der Waals surface area contributed by atoms with Gasteiger partial charge in [0.05, 0.1) is 6.61 Å². The van der Waals surface area contributed by atoms with Crippen molar-refractivity contribution in [1.29, 1.82) is 0 Å². The summed E-state index contributed by atoms with van der Waals surface area (Å²) < 4.78 is 4.99. The number of nitrogens with zero attached hydrogens (tertiary/aromatic N) is 1. The summed E-state index contributed by atoms with van der Waals surface area (Å²) in [6, 6.07) is 0.596. The zero-order valence-corrected chi connectivity index (χ0v) is 10.3. The summed E-state index contributed by atoms with van der Waals surface area (Å²) in [5.41, 5.74) is 0. The van der Waals surface area contributed by atoms with Crippen LogP contribution in [0.2, 0.25) is 0 Å². The molecule has 1 aliphatic rings. The molecule has 16 heavy (non-hydrogen) atoms. The largest absolute Gasteiger partial charge is 0.383 e. The Hall–Kier alpha value is -0.810. The van der Waals surface area contributed by atoms with Crippen LogP contribution in [0.25, 0.3) is 0 Å². The summed E-state index contributed by atoms with van der Waals surface area (Å²) in [5.74, 6) is 0. The van der Waals surface area contributed by atoms with Gasteiger partial charge >= 0.3 is 6.03 Å². The number of carbonyl (C=O) groups excluding carboxylic acids is 1. The fraction of sp³-hybridized carbons (Fsp3) is 0.909. The van der Waals surface area contributed by atoms with Crippen LogP contribution in [0.4, 0.5) is 4.79 Å². The van der Waals surface area contributed by atoms with Crippen LogP contribution in [0.1, 0.15) is 19.8 Å². The molecule has 2 N–H and O–H groups in total. The number of rotatable bonds is 5. The molecule has 5 heteroatoms. The minimum absolute atomic E-state index is 0.0674. The number of nitrogens with one attached hydrogen (secondary N) is 2. The molecule has 0 saturated carbocycles.